The predicted molar refractivity (Wildman–Crippen MR) is 85.9 cm³/mol. The second-order valence-electron chi connectivity index (χ2n) is 5.02. The smallest absolute Gasteiger partial charge is 0.173 e. The number of carbonyl (C=O) groups excluding carboxylic acids is 1. The van der Waals surface area contributed by atoms with Crippen molar-refractivity contribution in [2.75, 3.05) is 0 Å². The zero-order chi connectivity index (χ0) is 15.1. The van der Waals surface area contributed by atoms with Crippen molar-refractivity contribution in [1.29, 1.82) is 0 Å². The fourth-order valence-electron chi connectivity index (χ4n) is 2.12. The van der Waals surface area contributed by atoms with Crippen molar-refractivity contribution in [1.82, 2.24) is 0 Å². The van der Waals surface area contributed by atoms with Gasteiger partial charge in [0.15, 0.2) is 11.9 Å². The fraction of sp³-hybridized carbons (Fsp3) is 0.278. The Morgan fingerprint density at radius 3 is 2.62 bits per heavy atom. The van der Waals surface area contributed by atoms with Gasteiger partial charge in [-0.3, -0.25) is 4.79 Å². The maximum absolute atomic E-state index is 12.1. The van der Waals surface area contributed by atoms with E-state index in [1.165, 1.54) is 5.56 Å². The molecule has 2 aromatic rings. The summed E-state index contributed by atoms with van der Waals surface area (Å²) in [6, 6.07) is 17.3. The Kier molecular flexibility index (Phi) is 5.82. The molecule has 1 atom stereocenters. The summed E-state index contributed by atoms with van der Waals surface area (Å²) >= 11 is 5.89. The van der Waals surface area contributed by atoms with Crippen molar-refractivity contribution in [3.63, 3.8) is 0 Å². The minimum Gasteiger partial charge on any atom is -0.483 e. The molecule has 0 saturated carbocycles. The quantitative estimate of drug-likeness (QED) is 0.741. The molecular weight excluding hydrogens is 284 g/mol. The number of ether oxygens (including phenoxy) is 1. The molecule has 2 nitrogen and oxygen atoms in total. The van der Waals surface area contributed by atoms with E-state index in [-0.39, 0.29) is 5.78 Å². The van der Waals surface area contributed by atoms with Crippen LogP contribution in [0.5, 0.6) is 5.75 Å². The highest BCUT2D eigenvalue weighted by atomic mass is 35.5. The third kappa shape index (κ3) is 5.24. The van der Waals surface area contributed by atoms with E-state index >= 15 is 0 Å². The number of rotatable bonds is 7. The molecule has 2 aromatic carbocycles. The highest BCUT2D eigenvalue weighted by Crippen LogP contribution is 2.19. The lowest BCUT2D eigenvalue weighted by Gasteiger charge is -2.13. The predicted octanol–water partition coefficient (Wildman–Crippen LogP) is 4.70. The average molecular weight is 303 g/mol. The first-order valence-electron chi connectivity index (χ1n) is 7.14. The first-order chi connectivity index (χ1) is 10.1. The van der Waals surface area contributed by atoms with E-state index in [1.54, 1.807) is 25.1 Å². The van der Waals surface area contributed by atoms with Gasteiger partial charge in [-0.1, -0.05) is 48.0 Å². The van der Waals surface area contributed by atoms with Crippen LogP contribution in [0, 0.1) is 0 Å². The Bertz CT molecular complexity index is 581. The van der Waals surface area contributed by atoms with E-state index in [1.807, 2.05) is 24.3 Å². The molecule has 0 heterocycles. The van der Waals surface area contributed by atoms with Crippen LogP contribution < -0.4 is 4.74 Å². The molecule has 0 N–H and O–H groups in total. The van der Waals surface area contributed by atoms with Gasteiger partial charge in [-0.25, -0.2) is 0 Å². The lowest BCUT2D eigenvalue weighted by atomic mass is 10.0. The minimum atomic E-state index is -0.445. The van der Waals surface area contributed by atoms with Crippen LogP contribution in [-0.4, -0.2) is 11.9 Å². The zero-order valence-corrected chi connectivity index (χ0v) is 12.8. The van der Waals surface area contributed by atoms with Crippen LogP contribution >= 0.6 is 11.6 Å². The molecule has 110 valence electrons. The second-order valence-corrected chi connectivity index (χ2v) is 5.46. The van der Waals surface area contributed by atoms with Crippen molar-refractivity contribution < 1.29 is 9.53 Å². The van der Waals surface area contributed by atoms with Gasteiger partial charge in [0.2, 0.25) is 0 Å². The molecule has 0 aromatic heterocycles. The number of halogens is 1. The van der Waals surface area contributed by atoms with Crippen molar-refractivity contribution >= 4 is 17.4 Å². The molecule has 0 aliphatic rings. The highest BCUT2D eigenvalue weighted by molar-refractivity contribution is 6.30. The number of hydrogen-bond donors (Lipinski definition) is 0. The number of ketones is 1. The molecule has 0 radical (unpaired) electrons. The van der Waals surface area contributed by atoms with Crippen LogP contribution in [0.2, 0.25) is 5.02 Å². The van der Waals surface area contributed by atoms with Gasteiger partial charge in [-0.15, -0.1) is 0 Å². The molecule has 0 bridgehead atoms. The van der Waals surface area contributed by atoms with Crippen molar-refractivity contribution in [2.24, 2.45) is 0 Å². The van der Waals surface area contributed by atoms with E-state index in [2.05, 4.69) is 12.1 Å². The van der Waals surface area contributed by atoms with Gasteiger partial charge < -0.3 is 4.74 Å². The summed E-state index contributed by atoms with van der Waals surface area (Å²) in [4.78, 5) is 12.1. The van der Waals surface area contributed by atoms with Crippen molar-refractivity contribution in [2.45, 2.75) is 32.3 Å². The third-order valence-corrected chi connectivity index (χ3v) is 3.53. The molecular formula is C18H19ClO2. The normalized spacial score (nSPS) is 11.9. The van der Waals surface area contributed by atoms with E-state index in [0.29, 0.717) is 17.2 Å². The van der Waals surface area contributed by atoms with Gasteiger partial charge in [-0.05, 0) is 43.5 Å². The molecule has 1 unspecified atom stereocenters. The molecule has 0 aliphatic carbocycles. The summed E-state index contributed by atoms with van der Waals surface area (Å²) in [5, 5.41) is 0.608. The van der Waals surface area contributed by atoms with Crippen molar-refractivity contribution in [3.05, 3.63) is 65.2 Å². The number of hydrogen-bond acceptors (Lipinski definition) is 2. The molecule has 3 heteroatoms. The van der Waals surface area contributed by atoms with Gasteiger partial charge in [0.1, 0.15) is 5.75 Å². The maximum Gasteiger partial charge on any atom is 0.173 e. The summed E-state index contributed by atoms with van der Waals surface area (Å²) in [5.74, 6) is 0.748. The lowest BCUT2D eigenvalue weighted by Crippen LogP contribution is -2.23. The van der Waals surface area contributed by atoms with Gasteiger partial charge in [0, 0.05) is 11.4 Å². The van der Waals surface area contributed by atoms with Crippen LogP contribution in [0.1, 0.15) is 25.3 Å². The monoisotopic (exact) mass is 302 g/mol. The Balaban J connectivity index is 1.77. The molecule has 0 saturated heterocycles. The third-order valence-electron chi connectivity index (χ3n) is 3.29. The number of benzene rings is 2. The molecule has 0 spiro atoms. The topological polar surface area (TPSA) is 26.3 Å². The van der Waals surface area contributed by atoms with Crippen LogP contribution in [0.4, 0.5) is 0 Å². The average Bonchev–Trinajstić information content (AvgIpc) is 2.48. The minimum absolute atomic E-state index is 0.117. The molecule has 21 heavy (non-hydrogen) atoms. The van der Waals surface area contributed by atoms with Crippen LogP contribution in [0.3, 0.4) is 0 Å². The summed E-state index contributed by atoms with van der Waals surface area (Å²) < 4.78 is 5.63. The Morgan fingerprint density at radius 1 is 1.14 bits per heavy atom. The molecule has 0 fully saturated rings. The highest BCUT2D eigenvalue weighted by Gasteiger charge is 2.14. The van der Waals surface area contributed by atoms with Gasteiger partial charge >= 0.3 is 0 Å². The molecule has 2 rings (SSSR count). The first-order valence-corrected chi connectivity index (χ1v) is 7.52. The second kappa shape index (κ2) is 7.84. The van der Waals surface area contributed by atoms with Gasteiger partial charge in [0.05, 0.1) is 0 Å². The lowest BCUT2D eigenvalue weighted by molar-refractivity contribution is -0.125. The SMILES string of the molecule is CC(Oc1cccc(Cl)c1)C(=O)CCCc1ccccc1. The largest absolute Gasteiger partial charge is 0.483 e. The van der Waals surface area contributed by atoms with Crippen LogP contribution in [-0.2, 0) is 11.2 Å². The summed E-state index contributed by atoms with van der Waals surface area (Å²) in [7, 11) is 0. The Hall–Kier alpha value is -1.80. The van der Waals surface area contributed by atoms with Gasteiger partial charge in [-0.2, -0.15) is 0 Å². The fourth-order valence-corrected chi connectivity index (χ4v) is 2.31. The maximum atomic E-state index is 12.1. The van der Waals surface area contributed by atoms with E-state index in [9.17, 15) is 4.79 Å². The Labute approximate surface area is 130 Å². The van der Waals surface area contributed by atoms with E-state index in [4.69, 9.17) is 16.3 Å². The summed E-state index contributed by atoms with van der Waals surface area (Å²) in [6.07, 6.45) is 1.83. The zero-order valence-electron chi connectivity index (χ0n) is 12.1. The first kappa shape index (κ1) is 15.6. The standard InChI is InChI=1S/C18H19ClO2/c1-14(21-17-11-6-10-16(19)13-17)18(20)12-5-9-15-7-3-2-4-8-15/h2-4,6-8,10-11,13-14H,5,9,12H2,1H3. The molecule has 0 amide bonds. The van der Waals surface area contributed by atoms with Crippen molar-refractivity contribution in [3.8, 4) is 5.75 Å². The number of aryl methyl sites for hydroxylation is 1. The van der Waals surface area contributed by atoms with Gasteiger partial charge in [0.25, 0.3) is 0 Å². The van der Waals surface area contributed by atoms with Crippen LogP contribution in [0.25, 0.3) is 0 Å². The Morgan fingerprint density at radius 2 is 1.90 bits per heavy atom. The molecule has 0 aliphatic heterocycles. The number of Topliss-reactive ketones (excluding diaryl/α,β-unsaturated/α-hetero) is 1. The van der Waals surface area contributed by atoms with E-state index in [0.717, 1.165) is 12.8 Å². The number of carbonyl (C=O) groups is 1. The van der Waals surface area contributed by atoms with Crippen LogP contribution in [0.15, 0.2) is 54.6 Å². The summed E-state index contributed by atoms with van der Waals surface area (Å²) in [5.41, 5.74) is 1.26. The van der Waals surface area contributed by atoms with E-state index < -0.39 is 6.10 Å². The summed E-state index contributed by atoms with van der Waals surface area (Å²) in [6.45, 7) is 1.78.